The third-order valence-corrected chi connectivity index (χ3v) is 2.62. The molecule has 0 saturated heterocycles. The fourth-order valence-electron chi connectivity index (χ4n) is 1.19. The largest absolute Gasteiger partial charge is 0.377 e. The number of methoxy groups -OCH3 is 1. The molecule has 80 valence electrons. The number of aromatic nitrogens is 2. The van der Waals surface area contributed by atoms with Gasteiger partial charge in [-0.05, 0) is 19.9 Å². The number of ether oxygens (including phenoxy) is 1. The molecule has 1 atom stereocenters. The molecule has 0 radical (unpaired) electrons. The number of aryl methyl sites for hydroxylation is 1. The van der Waals surface area contributed by atoms with Crippen molar-refractivity contribution in [3.8, 4) is 0 Å². The first-order valence-electron chi connectivity index (χ1n) is 4.75. The quantitative estimate of drug-likeness (QED) is 0.773. The highest BCUT2D eigenvalue weighted by molar-refractivity contribution is 5.03. The molecule has 1 aromatic rings. The zero-order valence-electron chi connectivity index (χ0n) is 9.32. The molecule has 2 N–H and O–H groups in total. The van der Waals surface area contributed by atoms with E-state index >= 15 is 0 Å². The molecule has 1 aromatic heterocycles. The number of nitrogens with two attached hydrogens (primary N) is 1. The molecule has 4 nitrogen and oxygen atoms in total. The summed E-state index contributed by atoms with van der Waals surface area (Å²) in [6.07, 6.45) is 2.66. The van der Waals surface area contributed by atoms with E-state index in [0.29, 0.717) is 0 Å². The van der Waals surface area contributed by atoms with Crippen molar-refractivity contribution < 1.29 is 4.74 Å². The first kappa shape index (κ1) is 11.2. The van der Waals surface area contributed by atoms with E-state index in [-0.39, 0.29) is 11.6 Å². The van der Waals surface area contributed by atoms with Gasteiger partial charge in [-0.3, -0.25) is 4.68 Å². The predicted molar refractivity (Wildman–Crippen MR) is 56.0 cm³/mol. The van der Waals surface area contributed by atoms with Gasteiger partial charge in [-0.2, -0.15) is 5.10 Å². The molecule has 14 heavy (non-hydrogen) atoms. The standard InChI is InChI=1S/C10H19N3O/c1-10(2,14-4)9(11)7-8-5-6-13(3)12-8/h5-6,9H,7,11H2,1-4H3. The second-order valence-electron chi connectivity index (χ2n) is 4.10. The molecular weight excluding hydrogens is 178 g/mol. The van der Waals surface area contributed by atoms with Gasteiger partial charge in [0, 0.05) is 32.8 Å². The summed E-state index contributed by atoms with van der Waals surface area (Å²) in [7, 11) is 3.58. The van der Waals surface area contributed by atoms with Gasteiger partial charge in [0.2, 0.25) is 0 Å². The Kier molecular flexibility index (Phi) is 3.29. The summed E-state index contributed by atoms with van der Waals surface area (Å²) in [6, 6.07) is 1.94. The average molecular weight is 197 g/mol. The van der Waals surface area contributed by atoms with E-state index in [9.17, 15) is 0 Å². The molecular formula is C10H19N3O. The van der Waals surface area contributed by atoms with Crippen LogP contribution in [0.15, 0.2) is 12.3 Å². The fourth-order valence-corrected chi connectivity index (χ4v) is 1.19. The highest BCUT2D eigenvalue weighted by Crippen LogP contribution is 2.15. The summed E-state index contributed by atoms with van der Waals surface area (Å²) >= 11 is 0. The van der Waals surface area contributed by atoms with Crippen LogP contribution in [0.25, 0.3) is 0 Å². The number of nitrogens with zero attached hydrogens (tertiary/aromatic N) is 2. The van der Waals surface area contributed by atoms with Crippen molar-refractivity contribution in [1.82, 2.24) is 9.78 Å². The van der Waals surface area contributed by atoms with Crippen LogP contribution in [0.2, 0.25) is 0 Å². The third-order valence-electron chi connectivity index (χ3n) is 2.62. The third kappa shape index (κ3) is 2.56. The van der Waals surface area contributed by atoms with Gasteiger partial charge in [0.1, 0.15) is 0 Å². The Morgan fingerprint density at radius 1 is 1.64 bits per heavy atom. The van der Waals surface area contributed by atoms with E-state index < -0.39 is 0 Å². The maximum atomic E-state index is 6.03. The lowest BCUT2D eigenvalue weighted by Crippen LogP contribution is -2.46. The SMILES string of the molecule is COC(C)(C)C(N)Cc1ccn(C)n1. The van der Waals surface area contributed by atoms with Crippen molar-refractivity contribution in [2.75, 3.05) is 7.11 Å². The molecule has 0 saturated carbocycles. The molecule has 0 amide bonds. The van der Waals surface area contributed by atoms with Crippen LogP contribution in [0.1, 0.15) is 19.5 Å². The minimum absolute atomic E-state index is 0.0394. The predicted octanol–water partition coefficient (Wildman–Crippen LogP) is 0.715. The lowest BCUT2D eigenvalue weighted by Gasteiger charge is -2.29. The van der Waals surface area contributed by atoms with E-state index in [4.69, 9.17) is 10.5 Å². The van der Waals surface area contributed by atoms with Crippen molar-refractivity contribution in [2.24, 2.45) is 12.8 Å². The Morgan fingerprint density at radius 2 is 2.29 bits per heavy atom. The Hall–Kier alpha value is -0.870. The molecule has 1 unspecified atom stereocenters. The smallest absolute Gasteiger partial charge is 0.0776 e. The van der Waals surface area contributed by atoms with Gasteiger partial charge in [-0.15, -0.1) is 0 Å². The molecule has 4 heteroatoms. The Bertz CT molecular complexity index is 293. The first-order chi connectivity index (χ1) is 6.45. The van der Waals surface area contributed by atoms with Crippen LogP contribution in [0.5, 0.6) is 0 Å². The van der Waals surface area contributed by atoms with E-state index in [1.54, 1.807) is 11.8 Å². The molecule has 0 aliphatic carbocycles. The Labute approximate surface area is 85.0 Å². The van der Waals surface area contributed by atoms with Crippen LogP contribution >= 0.6 is 0 Å². The summed E-state index contributed by atoms with van der Waals surface area (Å²) in [5.41, 5.74) is 6.73. The summed E-state index contributed by atoms with van der Waals surface area (Å²) in [4.78, 5) is 0. The van der Waals surface area contributed by atoms with Gasteiger partial charge in [-0.25, -0.2) is 0 Å². The first-order valence-corrected chi connectivity index (χ1v) is 4.75. The van der Waals surface area contributed by atoms with E-state index in [2.05, 4.69) is 5.10 Å². The zero-order chi connectivity index (χ0) is 10.8. The molecule has 0 fully saturated rings. The van der Waals surface area contributed by atoms with E-state index in [1.807, 2.05) is 33.2 Å². The maximum Gasteiger partial charge on any atom is 0.0776 e. The number of rotatable bonds is 4. The minimum atomic E-state index is -0.308. The second kappa shape index (κ2) is 4.11. The lowest BCUT2D eigenvalue weighted by molar-refractivity contribution is 0.000554. The molecule has 0 spiro atoms. The fraction of sp³-hybridized carbons (Fsp3) is 0.700. The van der Waals surface area contributed by atoms with Gasteiger partial charge < -0.3 is 10.5 Å². The highest BCUT2D eigenvalue weighted by Gasteiger charge is 2.26. The van der Waals surface area contributed by atoms with Crippen molar-refractivity contribution >= 4 is 0 Å². The topological polar surface area (TPSA) is 53.1 Å². The van der Waals surface area contributed by atoms with Crippen LogP contribution in [0, 0.1) is 0 Å². The molecule has 1 rings (SSSR count). The van der Waals surface area contributed by atoms with Gasteiger partial charge in [0.25, 0.3) is 0 Å². The monoisotopic (exact) mass is 197 g/mol. The van der Waals surface area contributed by atoms with Crippen LogP contribution < -0.4 is 5.73 Å². The number of hydrogen-bond donors (Lipinski definition) is 1. The number of hydrogen-bond acceptors (Lipinski definition) is 3. The van der Waals surface area contributed by atoms with Crippen molar-refractivity contribution in [1.29, 1.82) is 0 Å². The van der Waals surface area contributed by atoms with Gasteiger partial charge >= 0.3 is 0 Å². The summed E-state index contributed by atoms with van der Waals surface area (Å²) in [5.74, 6) is 0. The second-order valence-corrected chi connectivity index (χ2v) is 4.10. The Morgan fingerprint density at radius 3 is 2.71 bits per heavy atom. The maximum absolute atomic E-state index is 6.03. The van der Waals surface area contributed by atoms with Crippen LogP contribution in [0.3, 0.4) is 0 Å². The summed E-state index contributed by atoms with van der Waals surface area (Å²) < 4.78 is 7.10. The van der Waals surface area contributed by atoms with Crippen molar-refractivity contribution in [2.45, 2.75) is 31.9 Å². The van der Waals surface area contributed by atoms with Crippen LogP contribution in [-0.2, 0) is 18.2 Å². The van der Waals surface area contributed by atoms with E-state index in [0.717, 1.165) is 12.1 Å². The van der Waals surface area contributed by atoms with Gasteiger partial charge in [0.15, 0.2) is 0 Å². The van der Waals surface area contributed by atoms with Crippen LogP contribution in [-0.4, -0.2) is 28.5 Å². The van der Waals surface area contributed by atoms with Crippen molar-refractivity contribution in [3.63, 3.8) is 0 Å². The lowest BCUT2D eigenvalue weighted by atomic mass is 9.95. The average Bonchev–Trinajstić information content (AvgIpc) is 2.51. The molecule has 0 aliphatic rings. The van der Waals surface area contributed by atoms with Crippen LogP contribution in [0.4, 0.5) is 0 Å². The molecule has 0 aliphatic heterocycles. The van der Waals surface area contributed by atoms with Crippen molar-refractivity contribution in [3.05, 3.63) is 18.0 Å². The minimum Gasteiger partial charge on any atom is -0.377 e. The van der Waals surface area contributed by atoms with E-state index in [1.165, 1.54) is 0 Å². The van der Waals surface area contributed by atoms with Gasteiger partial charge in [0.05, 0.1) is 11.3 Å². The highest BCUT2D eigenvalue weighted by atomic mass is 16.5. The molecule has 1 heterocycles. The summed E-state index contributed by atoms with van der Waals surface area (Å²) in [5, 5.41) is 4.28. The summed E-state index contributed by atoms with van der Waals surface area (Å²) in [6.45, 7) is 3.97. The zero-order valence-corrected chi connectivity index (χ0v) is 9.32. The molecule has 0 aromatic carbocycles. The molecule has 0 bridgehead atoms. The van der Waals surface area contributed by atoms with Gasteiger partial charge in [-0.1, -0.05) is 0 Å². The normalized spacial score (nSPS) is 14.4. The Balaban J connectivity index is 2.61.